The Labute approximate surface area is 124 Å². The van der Waals surface area contributed by atoms with Crippen molar-refractivity contribution in [3.63, 3.8) is 0 Å². The maximum atomic E-state index is 4.61. The zero-order valence-electron chi connectivity index (χ0n) is 12.3. The average molecular weight is 281 g/mol. The van der Waals surface area contributed by atoms with Crippen LogP contribution in [0.3, 0.4) is 0 Å². The summed E-state index contributed by atoms with van der Waals surface area (Å²) < 4.78 is 1.97. The molecule has 3 aromatic rings. The van der Waals surface area contributed by atoms with Crippen molar-refractivity contribution >= 4 is 23.0 Å². The summed E-state index contributed by atoms with van der Waals surface area (Å²) in [6, 6.07) is 8.36. The summed E-state index contributed by atoms with van der Waals surface area (Å²) in [5.74, 6) is 1.59. The highest BCUT2D eigenvalue weighted by atomic mass is 15.1. The standard InChI is InChI=1S/C16H19N5/c1-3-12-6-5-7-13(10-12)19-15-16-18-8-9-21(16)11-14(20-15)17-4-2/h5-11,17H,3-4H2,1-2H3,(H,19,20). The number of nitrogens with zero attached hydrogens (tertiary/aromatic N) is 3. The maximum absolute atomic E-state index is 4.61. The lowest BCUT2D eigenvalue weighted by Crippen LogP contribution is -2.05. The molecule has 0 radical (unpaired) electrons. The molecule has 108 valence electrons. The zero-order valence-corrected chi connectivity index (χ0v) is 12.3. The molecule has 0 saturated carbocycles. The number of rotatable bonds is 5. The molecule has 0 aliphatic heterocycles. The van der Waals surface area contributed by atoms with Gasteiger partial charge >= 0.3 is 0 Å². The van der Waals surface area contributed by atoms with Crippen LogP contribution in [0.2, 0.25) is 0 Å². The molecule has 2 heterocycles. The van der Waals surface area contributed by atoms with E-state index in [1.165, 1.54) is 5.56 Å². The third-order valence-corrected chi connectivity index (χ3v) is 3.33. The molecule has 0 amide bonds. The fraction of sp³-hybridized carbons (Fsp3) is 0.250. The third kappa shape index (κ3) is 2.81. The van der Waals surface area contributed by atoms with E-state index in [0.29, 0.717) is 0 Å². The highest BCUT2D eigenvalue weighted by Crippen LogP contribution is 2.22. The molecular formula is C16H19N5. The van der Waals surface area contributed by atoms with Gasteiger partial charge in [0.2, 0.25) is 0 Å². The van der Waals surface area contributed by atoms with Gasteiger partial charge in [0.1, 0.15) is 5.82 Å². The van der Waals surface area contributed by atoms with E-state index < -0.39 is 0 Å². The fourth-order valence-electron chi connectivity index (χ4n) is 2.29. The minimum Gasteiger partial charge on any atom is -0.369 e. The first-order chi connectivity index (χ1) is 10.3. The molecule has 0 fully saturated rings. The average Bonchev–Trinajstić information content (AvgIpc) is 2.96. The summed E-state index contributed by atoms with van der Waals surface area (Å²) >= 11 is 0. The largest absolute Gasteiger partial charge is 0.369 e. The van der Waals surface area contributed by atoms with E-state index in [0.717, 1.165) is 35.9 Å². The van der Waals surface area contributed by atoms with E-state index in [2.05, 4.69) is 52.6 Å². The molecule has 2 N–H and O–H groups in total. The number of benzene rings is 1. The minimum absolute atomic E-state index is 0.756. The Morgan fingerprint density at radius 3 is 2.95 bits per heavy atom. The molecule has 0 bridgehead atoms. The van der Waals surface area contributed by atoms with Crippen LogP contribution >= 0.6 is 0 Å². The summed E-state index contributed by atoms with van der Waals surface area (Å²) in [6.07, 6.45) is 6.66. The normalized spacial score (nSPS) is 10.8. The molecular weight excluding hydrogens is 262 g/mol. The third-order valence-electron chi connectivity index (χ3n) is 3.33. The highest BCUT2D eigenvalue weighted by molar-refractivity contribution is 5.71. The Balaban J connectivity index is 1.99. The van der Waals surface area contributed by atoms with Crippen LogP contribution in [-0.2, 0) is 6.42 Å². The molecule has 2 aromatic heterocycles. The van der Waals surface area contributed by atoms with Crippen LogP contribution in [0.25, 0.3) is 5.65 Å². The Morgan fingerprint density at radius 2 is 2.14 bits per heavy atom. The Morgan fingerprint density at radius 1 is 1.24 bits per heavy atom. The van der Waals surface area contributed by atoms with Crippen molar-refractivity contribution < 1.29 is 0 Å². The van der Waals surface area contributed by atoms with Gasteiger partial charge in [-0.1, -0.05) is 19.1 Å². The quantitative estimate of drug-likeness (QED) is 0.752. The lowest BCUT2D eigenvalue weighted by atomic mass is 10.1. The zero-order chi connectivity index (χ0) is 14.7. The maximum Gasteiger partial charge on any atom is 0.180 e. The SMILES string of the molecule is CCNc1cn2ccnc2c(Nc2cccc(CC)c2)n1. The van der Waals surface area contributed by atoms with E-state index in [4.69, 9.17) is 0 Å². The Hall–Kier alpha value is -2.56. The second kappa shape index (κ2) is 5.83. The molecule has 3 rings (SSSR count). The first-order valence-electron chi connectivity index (χ1n) is 7.23. The number of hydrogen-bond acceptors (Lipinski definition) is 4. The number of aromatic nitrogens is 3. The molecule has 5 nitrogen and oxygen atoms in total. The number of hydrogen-bond donors (Lipinski definition) is 2. The summed E-state index contributed by atoms with van der Waals surface area (Å²) in [6.45, 7) is 5.03. The van der Waals surface area contributed by atoms with Gasteiger partial charge in [-0.05, 0) is 31.0 Å². The van der Waals surface area contributed by atoms with Crippen LogP contribution in [0.15, 0.2) is 42.9 Å². The van der Waals surface area contributed by atoms with E-state index in [9.17, 15) is 0 Å². The van der Waals surface area contributed by atoms with Gasteiger partial charge in [0.25, 0.3) is 0 Å². The molecule has 0 unspecified atom stereocenters. The van der Waals surface area contributed by atoms with Crippen molar-refractivity contribution in [3.05, 3.63) is 48.4 Å². The highest BCUT2D eigenvalue weighted by Gasteiger charge is 2.07. The van der Waals surface area contributed by atoms with E-state index >= 15 is 0 Å². The predicted octanol–water partition coefficient (Wildman–Crippen LogP) is 3.47. The molecule has 1 aromatic carbocycles. The molecule has 0 atom stereocenters. The molecule has 5 heteroatoms. The van der Waals surface area contributed by atoms with Gasteiger partial charge < -0.3 is 15.0 Å². The topological polar surface area (TPSA) is 54.2 Å². The molecule has 0 saturated heterocycles. The predicted molar refractivity (Wildman–Crippen MR) is 86.3 cm³/mol. The van der Waals surface area contributed by atoms with Crippen molar-refractivity contribution in [3.8, 4) is 0 Å². The monoisotopic (exact) mass is 281 g/mol. The van der Waals surface area contributed by atoms with Gasteiger partial charge in [0.05, 0.1) is 6.20 Å². The number of imidazole rings is 1. The van der Waals surface area contributed by atoms with Gasteiger partial charge in [0, 0.05) is 24.6 Å². The van der Waals surface area contributed by atoms with Crippen LogP contribution in [-0.4, -0.2) is 20.9 Å². The van der Waals surface area contributed by atoms with Gasteiger partial charge in [-0.3, -0.25) is 0 Å². The fourth-order valence-corrected chi connectivity index (χ4v) is 2.29. The van der Waals surface area contributed by atoms with Crippen molar-refractivity contribution in [2.75, 3.05) is 17.2 Å². The number of aryl methyl sites for hydroxylation is 1. The first kappa shape index (κ1) is 13.4. The minimum atomic E-state index is 0.756. The van der Waals surface area contributed by atoms with Crippen LogP contribution in [0, 0.1) is 0 Å². The van der Waals surface area contributed by atoms with Crippen molar-refractivity contribution in [2.24, 2.45) is 0 Å². The number of anilines is 3. The number of nitrogens with one attached hydrogen (secondary N) is 2. The molecule has 0 aliphatic carbocycles. The van der Waals surface area contributed by atoms with Crippen molar-refractivity contribution in [2.45, 2.75) is 20.3 Å². The molecule has 0 aliphatic rings. The van der Waals surface area contributed by atoms with Crippen molar-refractivity contribution in [1.82, 2.24) is 14.4 Å². The van der Waals surface area contributed by atoms with Crippen LogP contribution in [0.1, 0.15) is 19.4 Å². The summed E-state index contributed by atoms with van der Waals surface area (Å²) in [4.78, 5) is 8.98. The van der Waals surface area contributed by atoms with Crippen LogP contribution in [0.5, 0.6) is 0 Å². The lowest BCUT2D eigenvalue weighted by Gasteiger charge is -2.11. The van der Waals surface area contributed by atoms with E-state index in [-0.39, 0.29) is 0 Å². The Bertz CT molecular complexity index is 747. The molecule has 21 heavy (non-hydrogen) atoms. The summed E-state index contributed by atoms with van der Waals surface area (Å²) in [5.41, 5.74) is 3.14. The van der Waals surface area contributed by atoms with Gasteiger partial charge in [0.15, 0.2) is 11.5 Å². The summed E-state index contributed by atoms with van der Waals surface area (Å²) in [5, 5.41) is 6.61. The lowest BCUT2D eigenvalue weighted by molar-refractivity contribution is 1.09. The summed E-state index contributed by atoms with van der Waals surface area (Å²) in [7, 11) is 0. The Kier molecular flexibility index (Phi) is 3.73. The van der Waals surface area contributed by atoms with E-state index in [1.54, 1.807) is 6.20 Å². The van der Waals surface area contributed by atoms with Crippen LogP contribution < -0.4 is 10.6 Å². The second-order valence-corrected chi connectivity index (χ2v) is 4.84. The molecule has 0 spiro atoms. The first-order valence-corrected chi connectivity index (χ1v) is 7.23. The number of fused-ring (bicyclic) bond motifs is 1. The van der Waals surface area contributed by atoms with Gasteiger partial charge in [-0.2, -0.15) is 0 Å². The smallest absolute Gasteiger partial charge is 0.180 e. The van der Waals surface area contributed by atoms with E-state index in [1.807, 2.05) is 22.9 Å². The second-order valence-electron chi connectivity index (χ2n) is 4.84. The van der Waals surface area contributed by atoms with Crippen LogP contribution in [0.4, 0.5) is 17.3 Å². The van der Waals surface area contributed by atoms with Gasteiger partial charge in [-0.15, -0.1) is 0 Å². The van der Waals surface area contributed by atoms with Crippen molar-refractivity contribution in [1.29, 1.82) is 0 Å². The van der Waals surface area contributed by atoms with Gasteiger partial charge in [-0.25, -0.2) is 9.97 Å².